The highest BCUT2D eigenvalue weighted by atomic mass is 127. The van der Waals surface area contributed by atoms with Crippen LogP contribution in [0, 0.1) is 3.70 Å². The molecule has 0 saturated heterocycles. The maximum Gasteiger partial charge on any atom is 0.102 e. The summed E-state index contributed by atoms with van der Waals surface area (Å²) >= 11 is 2.36. The molecule has 2 unspecified atom stereocenters. The number of pyridine rings is 1. The monoisotopic (exact) mass is 347 g/mol. The molecule has 1 aromatic heterocycles. The van der Waals surface area contributed by atoms with Gasteiger partial charge in [0.15, 0.2) is 0 Å². The molecule has 4 rings (SSSR count). The smallest absolute Gasteiger partial charge is 0.102 e. The van der Waals surface area contributed by atoms with Crippen LogP contribution in [0.2, 0.25) is 0 Å². The summed E-state index contributed by atoms with van der Waals surface area (Å²) in [6.07, 6.45) is 4.04. The quantitative estimate of drug-likeness (QED) is 0.537. The van der Waals surface area contributed by atoms with E-state index in [0.717, 1.165) is 15.5 Å². The maximum absolute atomic E-state index is 4.81. The number of hydrogen-bond acceptors (Lipinski definition) is 1. The first kappa shape index (κ1) is 11.0. The minimum Gasteiger partial charge on any atom is -0.246 e. The van der Waals surface area contributed by atoms with Crippen molar-refractivity contribution < 1.29 is 0 Å². The van der Waals surface area contributed by atoms with Crippen LogP contribution in [-0.2, 0) is 0 Å². The summed E-state index contributed by atoms with van der Waals surface area (Å²) in [5, 5.41) is 0. The Kier molecular flexibility index (Phi) is 2.47. The Morgan fingerprint density at radius 3 is 2.67 bits per heavy atom. The average molecular weight is 347 g/mol. The largest absolute Gasteiger partial charge is 0.246 e. The Bertz CT molecular complexity index is 606. The molecule has 0 amide bonds. The molecular weight excluding hydrogens is 333 g/mol. The van der Waals surface area contributed by atoms with Gasteiger partial charge in [-0.3, -0.25) is 0 Å². The maximum atomic E-state index is 4.81. The van der Waals surface area contributed by atoms with Crippen LogP contribution in [0.3, 0.4) is 0 Å². The number of hydrogen-bond donors (Lipinski definition) is 0. The van der Waals surface area contributed by atoms with Crippen molar-refractivity contribution in [2.75, 3.05) is 0 Å². The topological polar surface area (TPSA) is 12.9 Å². The Morgan fingerprint density at radius 2 is 1.83 bits per heavy atom. The average Bonchev–Trinajstić information content (AvgIpc) is 3.00. The lowest BCUT2D eigenvalue weighted by Crippen LogP contribution is -2.04. The molecule has 2 atom stereocenters. The van der Waals surface area contributed by atoms with Gasteiger partial charge >= 0.3 is 0 Å². The van der Waals surface area contributed by atoms with Crippen LogP contribution in [-0.4, -0.2) is 4.98 Å². The zero-order chi connectivity index (χ0) is 12.1. The number of halogens is 1. The van der Waals surface area contributed by atoms with Crippen LogP contribution in [0.5, 0.6) is 0 Å². The van der Waals surface area contributed by atoms with Crippen molar-refractivity contribution in [2.45, 2.75) is 31.1 Å². The predicted octanol–water partition coefficient (Wildman–Crippen LogP) is 4.72. The summed E-state index contributed by atoms with van der Waals surface area (Å²) in [6.45, 7) is 0. The van der Waals surface area contributed by atoms with Crippen LogP contribution in [0.25, 0.3) is 11.1 Å². The summed E-state index contributed by atoms with van der Waals surface area (Å²) < 4.78 is 1.14. The Labute approximate surface area is 121 Å². The van der Waals surface area contributed by atoms with Gasteiger partial charge in [-0.25, -0.2) is 4.98 Å². The third-order valence-corrected chi connectivity index (χ3v) is 4.92. The zero-order valence-corrected chi connectivity index (χ0v) is 12.2. The number of nitrogens with zero attached hydrogens (tertiary/aromatic N) is 1. The Balaban J connectivity index is 1.97. The van der Waals surface area contributed by atoms with Crippen molar-refractivity contribution in [3.8, 4) is 11.1 Å². The second-order valence-corrected chi connectivity index (χ2v) is 6.47. The standard InChI is InChI=1S/C16H14IN/c17-14-9-13(10-4-2-1-3-5-10)15-11-6-7-12(8-11)16(15)18-14/h1-5,9,11-12H,6-8H2. The van der Waals surface area contributed by atoms with E-state index in [1.54, 1.807) is 5.56 Å². The van der Waals surface area contributed by atoms with Crippen molar-refractivity contribution in [3.05, 3.63) is 51.4 Å². The normalized spacial score (nSPS) is 24.3. The van der Waals surface area contributed by atoms with E-state index in [2.05, 4.69) is 59.0 Å². The van der Waals surface area contributed by atoms with Gasteiger partial charge in [-0.2, -0.15) is 0 Å². The van der Waals surface area contributed by atoms with Crippen LogP contribution in [0.15, 0.2) is 36.4 Å². The van der Waals surface area contributed by atoms with E-state index in [0.29, 0.717) is 0 Å². The lowest BCUT2D eigenvalue weighted by molar-refractivity contribution is 0.696. The third-order valence-electron chi connectivity index (χ3n) is 4.37. The van der Waals surface area contributed by atoms with E-state index in [4.69, 9.17) is 4.98 Å². The Morgan fingerprint density at radius 1 is 1.06 bits per heavy atom. The SMILES string of the molecule is Ic1cc(-c2ccccc2)c2c(n1)C1CCC2C1. The van der Waals surface area contributed by atoms with Crippen LogP contribution >= 0.6 is 22.6 Å². The molecule has 90 valence electrons. The van der Waals surface area contributed by atoms with E-state index < -0.39 is 0 Å². The second-order valence-electron chi connectivity index (χ2n) is 5.36. The molecule has 1 fully saturated rings. The van der Waals surface area contributed by atoms with E-state index in [-0.39, 0.29) is 0 Å². The highest BCUT2D eigenvalue weighted by molar-refractivity contribution is 14.1. The molecule has 0 spiro atoms. The van der Waals surface area contributed by atoms with Crippen molar-refractivity contribution >= 4 is 22.6 Å². The van der Waals surface area contributed by atoms with Crippen molar-refractivity contribution in [2.24, 2.45) is 0 Å². The third kappa shape index (κ3) is 1.54. The Hall–Kier alpha value is -0.900. The molecule has 2 aliphatic rings. The zero-order valence-electron chi connectivity index (χ0n) is 10.1. The molecule has 1 aromatic carbocycles. The number of fused-ring (bicyclic) bond motifs is 5. The summed E-state index contributed by atoms with van der Waals surface area (Å²) in [6, 6.07) is 13.0. The van der Waals surface area contributed by atoms with Crippen LogP contribution in [0.4, 0.5) is 0 Å². The molecular formula is C16H14IN. The minimum atomic E-state index is 0.738. The molecule has 2 bridgehead atoms. The number of rotatable bonds is 1. The van der Waals surface area contributed by atoms with E-state index in [1.165, 1.54) is 36.1 Å². The molecule has 1 nitrogen and oxygen atoms in total. The first-order valence-corrected chi connectivity index (χ1v) is 7.66. The van der Waals surface area contributed by atoms with Crippen LogP contribution in [0.1, 0.15) is 42.4 Å². The molecule has 2 aliphatic carbocycles. The molecule has 1 saturated carbocycles. The lowest BCUT2D eigenvalue weighted by Gasteiger charge is -2.18. The number of benzene rings is 1. The fraction of sp³-hybridized carbons (Fsp3) is 0.312. The van der Waals surface area contributed by atoms with Gasteiger partial charge in [0.05, 0.1) is 0 Å². The fourth-order valence-corrected chi connectivity index (χ4v) is 4.20. The first-order chi connectivity index (χ1) is 8.83. The fourth-order valence-electron chi connectivity index (χ4n) is 3.63. The molecule has 18 heavy (non-hydrogen) atoms. The van der Waals surface area contributed by atoms with E-state index >= 15 is 0 Å². The van der Waals surface area contributed by atoms with Gasteiger partial charge in [-0.1, -0.05) is 30.3 Å². The van der Waals surface area contributed by atoms with Gasteiger partial charge in [0, 0.05) is 11.6 Å². The summed E-state index contributed by atoms with van der Waals surface area (Å²) in [7, 11) is 0. The first-order valence-electron chi connectivity index (χ1n) is 6.58. The summed E-state index contributed by atoms with van der Waals surface area (Å²) in [5.74, 6) is 1.51. The van der Waals surface area contributed by atoms with Gasteiger partial charge in [-0.05, 0) is 70.5 Å². The van der Waals surface area contributed by atoms with Gasteiger partial charge in [0.2, 0.25) is 0 Å². The van der Waals surface area contributed by atoms with Crippen LogP contribution < -0.4 is 0 Å². The molecule has 2 heteroatoms. The number of aromatic nitrogens is 1. The minimum absolute atomic E-state index is 0.738. The summed E-state index contributed by atoms with van der Waals surface area (Å²) in [4.78, 5) is 4.81. The van der Waals surface area contributed by atoms with Gasteiger partial charge in [-0.15, -0.1) is 0 Å². The van der Waals surface area contributed by atoms with E-state index in [9.17, 15) is 0 Å². The lowest BCUT2D eigenvalue weighted by atomic mass is 9.89. The van der Waals surface area contributed by atoms with Gasteiger partial charge in [0.25, 0.3) is 0 Å². The second kappa shape index (κ2) is 4.05. The van der Waals surface area contributed by atoms with Crippen molar-refractivity contribution in [1.29, 1.82) is 0 Å². The summed E-state index contributed by atoms with van der Waals surface area (Å²) in [5.41, 5.74) is 5.73. The molecule has 1 heterocycles. The predicted molar refractivity (Wildman–Crippen MR) is 81.7 cm³/mol. The van der Waals surface area contributed by atoms with E-state index in [1.807, 2.05) is 0 Å². The molecule has 0 radical (unpaired) electrons. The van der Waals surface area contributed by atoms with Gasteiger partial charge in [0.1, 0.15) is 3.70 Å². The van der Waals surface area contributed by atoms with Gasteiger partial charge < -0.3 is 0 Å². The van der Waals surface area contributed by atoms with Crippen molar-refractivity contribution in [3.63, 3.8) is 0 Å². The highest BCUT2D eigenvalue weighted by Gasteiger charge is 2.39. The molecule has 2 aromatic rings. The van der Waals surface area contributed by atoms with Crippen molar-refractivity contribution in [1.82, 2.24) is 4.98 Å². The molecule has 0 N–H and O–H groups in total. The highest BCUT2D eigenvalue weighted by Crippen LogP contribution is 2.55. The molecule has 0 aliphatic heterocycles.